The Morgan fingerprint density at radius 3 is 0.600 bits per heavy atom. The summed E-state index contributed by atoms with van der Waals surface area (Å²) >= 11 is -0.883. The maximum Gasteiger partial charge on any atom is 0 e. The van der Waals surface area contributed by atoms with Crippen LogP contribution in [0.4, 0.5) is 0 Å². The number of rotatable bonds is 0. The van der Waals surface area contributed by atoms with Gasteiger partial charge in [0.05, 0.1) is 0 Å². The number of hydrogen-bond acceptors (Lipinski definition) is 4. The van der Waals surface area contributed by atoms with E-state index in [1.54, 1.807) is 0 Å². The molecule has 0 aromatic heterocycles. The van der Waals surface area contributed by atoms with Crippen LogP contribution in [0.1, 0.15) is 83.1 Å². The molecule has 2 fully saturated rings. The van der Waals surface area contributed by atoms with Crippen molar-refractivity contribution in [3.05, 3.63) is 0 Å². The number of hydrogen-bond donors (Lipinski definition) is 0. The molecular formula is C20H48N4Se2Si2Sn2. The van der Waals surface area contributed by atoms with Gasteiger partial charge < -0.3 is 0 Å². The maximum absolute atomic E-state index is 2.86. The van der Waals surface area contributed by atoms with Crippen molar-refractivity contribution < 1.29 is 0 Å². The van der Waals surface area contributed by atoms with Gasteiger partial charge in [-0.2, -0.15) is 0 Å². The molecule has 0 unspecified atom stereocenters. The van der Waals surface area contributed by atoms with Gasteiger partial charge >= 0.3 is 203 Å². The van der Waals surface area contributed by atoms with Crippen LogP contribution in [0.5, 0.6) is 0 Å². The molecule has 2 saturated heterocycles. The zero-order chi connectivity index (χ0) is 22.7. The van der Waals surface area contributed by atoms with Crippen LogP contribution < -0.4 is 0 Å². The summed E-state index contributed by atoms with van der Waals surface area (Å²) in [4.78, 5) is 0. The summed E-state index contributed by atoms with van der Waals surface area (Å²) < 4.78 is 11.4. The van der Waals surface area contributed by atoms with Crippen LogP contribution in [0.15, 0.2) is 0 Å². The number of nitrogens with zero attached hydrogens (tertiary/aromatic N) is 4. The average Bonchev–Trinajstić information content (AvgIpc) is 2.29. The second kappa shape index (κ2) is 10.9. The zero-order valence-corrected chi connectivity index (χ0v) is 33.7. The summed E-state index contributed by atoms with van der Waals surface area (Å²) in [6, 6.07) is 0. The van der Waals surface area contributed by atoms with Crippen molar-refractivity contribution in [3.8, 4) is 0 Å². The largest absolute Gasteiger partial charge is 0 e. The molecule has 0 spiro atoms. The van der Waals surface area contributed by atoms with E-state index < -0.39 is 60.2 Å². The molecule has 2 heterocycles. The second-order valence-corrected chi connectivity index (χ2v) is 32.3. The van der Waals surface area contributed by atoms with Gasteiger partial charge in [-0.15, -0.1) is 0 Å². The Morgan fingerprint density at radius 1 is 0.400 bits per heavy atom. The predicted molar refractivity (Wildman–Crippen MR) is 144 cm³/mol. The molecule has 0 bridgehead atoms. The standard InChI is InChI=1S/2C10H24N2Si.2Se.2Sn/c2*1-9(2,3)11-13(7,8)12-10(4,5)6;;;;/h2*1-8H3;;;;/q2*-2;;;2*+2. The van der Waals surface area contributed by atoms with Crippen molar-refractivity contribution in [2.45, 2.75) is 131 Å². The van der Waals surface area contributed by atoms with E-state index in [4.69, 9.17) is 0 Å². The molecule has 0 amide bonds. The van der Waals surface area contributed by atoms with E-state index in [2.05, 4.69) is 120 Å². The van der Waals surface area contributed by atoms with Gasteiger partial charge in [0, 0.05) is 34.1 Å². The fourth-order valence-corrected chi connectivity index (χ4v) is 28.4. The minimum atomic E-state index is -1.24. The quantitative estimate of drug-likeness (QED) is 0.343. The Labute approximate surface area is 234 Å². The molecule has 0 atom stereocenters. The Hall–Kier alpha value is 2.91. The molecule has 2 aliphatic heterocycles. The SMILES string of the molecule is CC(C)(C)[N]1[Sn][N](C(C)(C)C)[Si]1(C)C.CC(C)(C)[N]1[Sn][N](C(C)(C)C)[Si]1(C)C.[Se].[Se]. The minimum absolute atomic E-state index is 0. The van der Waals surface area contributed by atoms with Gasteiger partial charge in [0.25, 0.3) is 0 Å². The van der Waals surface area contributed by atoms with E-state index in [-0.39, 0.29) is 34.1 Å². The average molecular weight is 796 g/mol. The summed E-state index contributed by atoms with van der Waals surface area (Å²) in [6.07, 6.45) is 0. The van der Waals surface area contributed by atoms with Gasteiger partial charge in [-0.25, -0.2) is 0 Å². The monoisotopic (exact) mass is 800 g/mol. The van der Waals surface area contributed by atoms with Crippen LogP contribution in [0.2, 0.25) is 26.2 Å². The normalized spacial score (nSPS) is 23.2. The molecular weight excluding hydrogens is 748 g/mol. The summed E-state index contributed by atoms with van der Waals surface area (Å²) in [5.41, 5.74) is 1.63. The predicted octanol–water partition coefficient (Wildman–Crippen LogP) is 4.11. The molecule has 30 heavy (non-hydrogen) atoms. The van der Waals surface area contributed by atoms with Crippen molar-refractivity contribution in [1.82, 2.24) is 11.1 Å². The molecule has 8 radical (unpaired) electrons. The summed E-state index contributed by atoms with van der Waals surface area (Å²) in [5.74, 6) is 0. The first-order valence-corrected chi connectivity index (χ1v) is 21.6. The van der Waals surface area contributed by atoms with E-state index in [1.807, 2.05) is 0 Å². The molecule has 176 valence electrons. The van der Waals surface area contributed by atoms with E-state index in [1.165, 1.54) is 0 Å². The minimum Gasteiger partial charge on any atom is 0 e. The Morgan fingerprint density at radius 2 is 0.533 bits per heavy atom. The van der Waals surface area contributed by atoms with Crippen molar-refractivity contribution in [1.29, 1.82) is 0 Å². The van der Waals surface area contributed by atoms with Crippen molar-refractivity contribution in [3.63, 3.8) is 0 Å². The third-order valence-corrected chi connectivity index (χ3v) is 43.7. The third kappa shape index (κ3) is 7.97. The summed E-state index contributed by atoms with van der Waals surface area (Å²) in [6.45, 7) is 38.3. The Balaban J connectivity index is 0. The van der Waals surface area contributed by atoms with Gasteiger partial charge in [-0.1, -0.05) is 0 Å². The molecule has 2 aliphatic rings. The topological polar surface area (TPSA) is 13.0 Å². The van der Waals surface area contributed by atoms with E-state index >= 15 is 0 Å². The van der Waals surface area contributed by atoms with Crippen LogP contribution >= 0.6 is 0 Å². The first-order valence-electron chi connectivity index (χ1n) is 10.7. The van der Waals surface area contributed by atoms with Gasteiger partial charge in [0.2, 0.25) is 0 Å². The molecule has 0 aliphatic carbocycles. The van der Waals surface area contributed by atoms with Crippen LogP contribution in [-0.4, -0.2) is 128 Å². The molecule has 0 aromatic carbocycles. The Kier molecular flexibility index (Phi) is 12.7. The third-order valence-electron chi connectivity index (χ3n) is 5.27. The van der Waals surface area contributed by atoms with Crippen molar-refractivity contribution in [2.24, 2.45) is 0 Å². The first kappa shape index (κ1) is 35.1. The molecule has 4 nitrogen and oxygen atoms in total. The van der Waals surface area contributed by atoms with Crippen molar-refractivity contribution >= 4 is 94.3 Å². The van der Waals surface area contributed by atoms with Crippen LogP contribution in [0, 0.1) is 0 Å². The zero-order valence-electron chi connectivity index (χ0n) is 22.6. The second-order valence-electron chi connectivity index (χ2n) is 13.2. The van der Waals surface area contributed by atoms with Crippen LogP contribution in [0.25, 0.3) is 0 Å². The fourth-order valence-electron chi connectivity index (χ4n) is 4.68. The first-order chi connectivity index (χ1) is 11.9. The van der Waals surface area contributed by atoms with E-state index in [0.717, 1.165) is 0 Å². The molecule has 2 rings (SSSR count). The van der Waals surface area contributed by atoms with E-state index in [0.29, 0.717) is 22.2 Å². The van der Waals surface area contributed by atoms with E-state index in [9.17, 15) is 0 Å². The summed E-state index contributed by atoms with van der Waals surface area (Å²) in [7, 11) is -2.48. The summed E-state index contributed by atoms with van der Waals surface area (Å²) in [5, 5.41) is 0. The molecule has 0 N–H and O–H groups in total. The molecule has 10 heteroatoms. The van der Waals surface area contributed by atoms with Gasteiger partial charge in [-0.3, -0.25) is 0 Å². The van der Waals surface area contributed by atoms with Gasteiger partial charge in [0.1, 0.15) is 0 Å². The van der Waals surface area contributed by atoms with Gasteiger partial charge in [0.15, 0.2) is 0 Å². The molecule has 0 aromatic rings. The smallest absolute Gasteiger partial charge is 0 e. The van der Waals surface area contributed by atoms with Crippen molar-refractivity contribution in [2.75, 3.05) is 0 Å². The van der Waals surface area contributed by atoms with Crippen LogP contribution in [0.3, 0.4) is 0 Å². The Bertz CT molecular complexity index is 471. The fraction of sp³-hybridized carbons (Fsp3) is 1.00. The van der Waals surface area contributed by atoms with Crippen LogP contribution in [-0.2, 0) is 0 Å². The maximum atomic E-state index is 2.86. The van der Waals surface area contributed by atoms with Gasteiger partial charge in [-0.05, 0) is 0 Å². The molecule has 0 saturated carbocycles.